The van der Waals surface area contributed by atoms with Crippen molar-refractivity contribution in [1.29, 1.82) is 0 Å². The Morgan fingerprint density at radius 2 is 1.92 bits per heavy atom. The summed E-state index contributed by atoms with van der Waals surface area (Å²) in [6.07, 6.45) is -5.16. The van der Waals surface area contributed by atoms with Gasteiger partial charge < -0.3 is 15.5 Å². The number of nitrogens with one attached hydrogen (secondary N) is 3. The smallest absolute Gasteiger partial charge is 0.381 e. The van der Waals surface area contributed by atoms with E-state index in [-0.39, 0.29) is 29.6 Å². The van der Waals surface area contributed by atoms with E-state index < -0.39 is 47.3 Å². The van der Waals surface area contributed by atoms with Gasteiger partial charge in [0, 0.05) is 19.3 Å². The Balaban J connectivity index is 1.26. The molecule has 1 aromatic carbocycles. The van der Waals surface area contributed by atoms with Crippen LogP contribution in [0, 0.1) is 5.92 Å². The summed E-state index contributed by atoms with van der Waals surface area (Å²) in [7, 11) is 0. The third-order valence-electron chi connectivity index (χ3n) is 6.12. The summed E-state index contributed by atoms with van der Waals surface area (Å²) in [5, 5.41) is 10.4. The van der Waals surface area contributed by atoms with Gasteiger partial charge in [-0.3, -0.25) is 14.5 Å². The van der Waals surface area contributed by atoms with Gasteiger partial charge in [-0.2, -0.15) is 18.6 Å². The highest BCUT2D eigenvalue weighted by Gasteiger charge is 2.61. The van der Waals surface area contributed by atoms with Crippen LogP contribution in [-0.2, 0) is 20.6 Å². The molecule has 0 saturated carbocycles. The molecule has 0 aliphatic carbocycles. The molecule has 0 spiro atoms. The largest absolute Gasteiger partial charge is 0.417 e. The minimum Gasteiger partial charge on any atom is -0.381 e. The van der Waals surface area contributed by atoms with Crippen LogP contribution in [-0.4, -0.2) is 58.3 Å². The van der Waals surface area contributed by atoms with Gasteiger partial charge in [-0.1, -0.05) is 35.0 Å². The quantitative estimate of drug-likeness (QED) is 0.483. The first kappa shape index (κ1) is 24.8. The van der Waals surface area contributed by atoms with Crippen LogP contribution in [0.15, 0.2) is 47.8 Å². The number of likely N-dealkylation sites (tertiary alicyclic amines) is 1. The number of anilines is 2. The Morgan fingerprint density at radius 3 is 2.59 bits per heavy atom. The number of carbonyl (C=O) groups is 3. The lowest BCUT2D eigenvalue weighted by Crippen LogP contribution is -2.58. The molecular weight excluding hydrogens is 519 g/mol. The molecule has 194 valence electrons. The van der Waals surface area contributed by atoms with Crippen molar-refractivity contribution in [2.45, 2.75) is 24.9 Å². The number of oxime groups is 1. The Morgan fingerprint density at radius 1 is 1.19 bits per heavy atom. The van der Waals surface area contributed by atoms with Crippen LogP contribution in [0.25, 0.3) is 0 Å². The molecule has 3 atom stereocenters. The van der Waals surface area contributed by atoms with Gasteiger partial charge in [0.1, 0.15) is 17.4 Å². The number of benzene rings is 1. The van der Waals surface area contributed by atoms with Gasteiger partial charge >= 0.3 is 12.2 Å². The van der Waals surface area contributed by atoms with Crippen LogP contribution in [0.3, 0.4) is 0 Å². The van der Waals surface area contributed by atoms with Crippen LogP contribution >= 0.6 is 11.6 Å². The van der Waals surface area contributed by atoms with E-state index in [1.165, 1.54) is 5.01 Å². The van der Waals surface area contributed by atoms with Crippen LogP contribution in [0.5, 0.6) is 0 Å². The van der Waals surface area contributed by atoms with Gasteiger partial charge in [0.05, 0.1) is 16.3 Å². The number of alkyl halides is 3. The number of rotatable bonds is 6. The number of nitrogens with zero attached hydrogens (tertiary/aromatic N) is 4. The van der Waals surface area contributed by atoms with E-state index in [1.807, 2.05) is 0 Å². The summed E-state index contributed by atoms with van der Waals surface area (Å²) in [6, 6.07) is 8.97. The molecule has 4 amide bonds. The molecular formula is C22H19ClF3N7O4. The van der Waals surface area contributed by atoms with Gasteiger partial charge in [-0.25, -0.2) is 14.8 Å². The molecule has 37 heavy (non-hydrogen) atoms. The SMILES string of the molecule is C[C@]1(C2=NO[C@H]3C(=O)N(CCNc4ncc(C(F)(F)F)cc4Cl)C(=O)[C@H]23)NC(=O)N(c2ccccc2)N1. The average molecular weight is 538 g/mol. The first-order valence-corrected chi connectivity index (χ1v) is 11.4. The number of hydrogen-bond acceptors (Lipinski definition) is 8. The Bertz CT molecular complexity index is 1310. The third-order valence-corrected chi connectivity index (χ3v) is 6.41. The predicted molar refractivity (Wildman–Crippen MR) is 124 cm³/mol. The maximum Gasteiger partial charge on any atom is 0.417 e. The zero-order valence-corrected chi connectivity index (χ0v) is 19.8. The number of pyridine rings is 1. The van der Waals surface area contributed by atoms with Gasteiger partial charge in [-0.15, -0.1) is 0 Å². The lowest BCUT2D eigenvalue weighted by atomic mass is 9.91. The number of fused-ring (bicyclic) bond motifs is 1. The van der Waals surface area contributed by atoms with E-state index in [0.717, 1.165) is 11.0 Å². The molecule has 4 heterocycles. The molecule has 2 saturated heterocycles. The molecule has 11 nitrogen and oxygen atoms in total. The second kappa shape index (κ2) is 8.88. The molecule has 2 fully saturated rings. The maximum absolute atomic E-state index is 13.2. The van der Waals surface area contributed by atoms with Crippen molar-refractivity contribution >= 4 is 46.7 Å². The summed E-state index contributed by atoms with van der Waals surface area (Å²) < 4.78 is 38.4. The van der Waals surface area contributed by atoms with E-state index in [0.29, 0.717) is 11.9 Å². The number of aromatic nitrogens is 1. The fourth-order valence-corrected chi connectivity index (χ4v) is 4.56. The zero-order chi connectivity index (χ0) is 26.5. The van der Waals surface area contributed by atoms with E-state index in [4.69, 9.17) is 16.4 Å². The fraction of sp³-hybridized carbons (Fsp3) is 0.318. The summed E-state index contributed by atoms with van der Waals surface area (Å²) in [5.41, 5.74) is 1.36. The molecule has 0 bridgehead atoms. The molecule has 15 heteroatoms. The minimum atomic E-state index is -4.59. The summed E-state index contributed by atoms with van der Waals surface area (Å²) in [4.78, 5) is 48.6. The molecule has 1 aromatic heterocycles. The number of hydrogen-bond donors (Lipinski definition) is 3. The Hall–Kier alpha value is -3.91. The van der Waals surface area contributed by atoms with Crippen LogP contribution in [0.2, 0.25) is 5.02 Å². The average Bonchev–Trinajstić information content (AvgIpc) is 3.49. The van der Waals surface area contributed by atoms with Crippen LogP contribution in [0.4, 0.5) is 29.5 Å². The normalized spacial score (nSPS) is 25.2. The number of imide groups is 1. The van der Waals surface area contributed by atoms with Crippen molar-refractivity contribution in [1.82, 2.24) is 20.6 Å². The van der Waals surface area contributed by atoms with Gasteiger partial charge in [0.2, 0.25) is 12.0 Å². The predicted octanol–water partition coefficient (Wildman–Crippen LogP) is 2.36. The Labute approximate surface area is 212 Å². The molecule has 5 rings (SSSR count). The number of halogens is 4. The standard InChI is InChI=1S/C22H19ClF3N7O4/c1-21(29-20(36)33(31-21)12-5-3-2-4-6-12)16-14-15(37-30-16)19(35)32(18(14)34)8-7-27-17-13(23)9-11(10-28-17)22(24,25)26/h2-6,9-10,14-15,31H,7-8H2,1H3,(H,27,28)(H,29,36)/t14-,15+,21-/m0/s1. The first-order chi connectivity index (χ1) is 17.5. The first-order valence-electron chi connectivity index (χ1n) is 11.0. The van der Waals surface area contributed by atoms with E-state index in [9.17, 15) is 27.6 Å². The fourth-order valence-electron chi connectivity index (χ4n) is 4.32. The van der Waals surface area contributed by atoms with E-state index in [2.05, 4.69) is 26.2 Å². The van der Waals surface area contributed by atoms with Crippen LogP contribution in [0.1, 0.15) is 12.5 Å². The highest BCUT2D eigenvalue weighted by Crippen LogP contribution is 2.35. The van der Waals surface area contributed by atoms with Gasteiger partial charge in [0.15, 0.2) is 5.66 Å². The topological polar surface area (TPSA) is 128 Å². The van der Waals surface area contributed by atoms with Crippen molar-refractivity contribution in [2.75, 3.05) is 23.4 Å². The van der Waals surface area contributed by atoms with Gasteiger partial charge in [0.25, 0.3) is 5.91 Å². The van der Waals surface area contributed by atoms with Crippen molar-refractivity contribution in [3.05, 3.63) is 53.2 Å². The molecule has 3 aliphatic rings. The highest BCUT2D eigenvalue weighted by molar-refractivity contribution is 6.33. The lowest BCUT2D eigenvalue weighted by Gasteiger charge is -2.26. The monoisotopic (exact) mass is 537 g/mol. The number of amides is 4. The summed E-state index contributed by atoms with van der Waals surface area (Å²) in [6.45, 7) is 1.43. The van der Waals surface area contributed by atoms with Crippen molar-refractivity contribution in [2.24, 2.45) is 11.1 Å². The zero-order valence-electron chi connectivity index (χ0n) is 19.0. The summed E-state index contributed by atoms with van der Waals surface area (Å²) in [5.74, 6) is -2.32. The van der Waals surface area contributed by atoms with Crippen molar-refractivity contribution < 1.29 is 32.4 Å². The maximum atomic E-state index is 13.2. The molecule has 0 unspecified atom stereocenters. The minimum absolute atomic E-state index is 0.0289. The lowest BCUT2D eigenvalue weighted by molar-refractivity contribution is -0.142. The van der Waals surface area contributed by atoms with Crippen molar-refractivity contribution in [3.8, 4) is 0 Å². The number of carbonyl (C=O) groups excluding carboxylic acids is 3. The molecule has 3 N–H and O–H groups in total. The molecule has 2 aromatic rings. The number of urea groups is 1. The molecule has 0 radical (unpaired) electrons. The Kier molecular flexibility index (Phi) is 5.95. The van der Waals surface area contributed by atoms with Crippen molar-refractivity contribution in [3.63, 3.8) is 0 Å². The summed E-state index contributed by atoms with van der Waals surface area (Å²) >= 11 is 5.89. The molecule has 3 aliphatic heterocycles. The van der Waals surface area contributed by atoms with Gasteiger partial charge in [-0.05, 0) is 25.1 Å². The van der Waals surface area contributed by atoms with E-state index >= 15 is 0 Å². The van der Waals surface area contributed by atoms with Crippen LogP contribution < -0.4 is 21.1 Å². The second-order valence-electron chi connectivity index (χ2n) is 8.63. The second-order valence-corrected chi connectivity index (χ2v) is 9.03. The third kappa shape index (κ3) is 4.31. The number of hydrazine groups is 1. The van der Waals surface area contributed by atoms with E-state index in [1.54, 1.807) is 37.3 Å². The highest BCUT2D eigenvalue weighted by atomic mass is 35.5. The number of para-hydroxylation sites is 1.